The Bertz CT molecular complexity index is 643. The third-order valence-electron chi connectivity index (χ3n) is 4.38. The van der Waals surface area contributed by atoms with Crippen molar-refractivity contribution in [3.63, 3.8) is 0 Å². The smallest absolute Gasteiger partial charge is 0.0852 e. The van der Waals surface area contributed by atoms with E-state index in [9.17, 15) is 0 Å². The van der Waals surface area contributed by atoms with Crippen molar-refractivity contribution < 1.29 is 4.74 Å². The Balaban J connectivity index is 1.62. The van der Waals surface area contributed by atoms with E-state index in [0.717, 1.165) is 37.5 Å². The predicted octanol–water partition coefficient (Wildman–Crippen LogP) is 2.35. The highest BCUT2D eigenvalue weighted by molar-refractivity contribution is 5.79. The molecule has 0 radical (unpaired) electrons. The minimum absolute atomic E-state index is 0.267. The van der Waals surface area contributed by atoms with E-state index in [1.807, 2.05) is 6.92 Å². The van der Waals surface area contributed by atoms with Gasteiger partial charge in [0.1, 0.15) is 0 Å². The summed E-state index contributed by atoms with van der Waals surface area (Å²) < 4.78 is 5.87. The topological polar surface area (TPSA) is 37.4 Å². The van der Waals surface area contributed by atoms with E-state index in [-0.39, 0.29) is 6.10 Å². The van der Waals surface area contributed by atoms with E-state index in [1.165, 1.54) is 10.9 Å². The second kappa shape index (κ2) is 6.73. The molecular formula is C18H25N3O. The van der Waals surface area contributed by atoms with Gasteiger partial charge in [0.15, 0.2) is 0 Å². The number of aromatic nitrogens is 1. The van der Waals surface area contributed by atoms with Gasteiger partial charge in [0.2, 0.25) is 0 Å². The number of nitrogens with zero attached hydrogens (tertiary/aromatic N) is 2. The molecule has 0 unspecified atom stereocenters. The average Bonchev–Trinajstić information content (AvgIpc) is 2.52. The van der Waals surface area contributed by atoms with Crippen LogP contribution in [0.3, 0.4) is 0 Å². The maximum Gasteiger partial charge on any atom is 0.0852 e. The minimum Gasteiger partial charge on any atom is -0.374 e. The molecule has 4 heteroatoms. The van der Waals surface area contributed by atoms with E-state index >= 15 is 0 Å². The molecule has 1 aliphatic rings. The Labute approximate surface area is 132 Å². The number of hydrogen-bond acceptors (Lipinski definition) is 4. The Morgan fingerprint density at radius 2 is 2.23 bits per heavy atom. The summed E-state index contributed by atoms with van der Waals surface area (Å²) >= 11 is 0. The molecule has 0 bridgehead atoms. The summed E-state index contributed by atoms with van der Waals surface area (Å²) in [5.41, 5.74) is 3.41. The summed E-state index contributed by atoms with van der Waals surface area (Å²) in [5, 5.41) is 4.79. The van der Waals surface area contributed by atoms with Gasteiger partial charge in [-0.1, -0.05) is 12.1 Å². The summed E-state index contributed by atoms with van der Waals surface area (Å²) in [7, 11) is 2.15. The molecule has 1 fully saturated rings. The molecule has 0 spiro atoms. The van der Waals surface area contributed by atoms with Crippen molar-refractivity contribution in [2.24, 2.45) is 0 Å². The number of likely N-dealkylation sites (N-methyl/N-ethyl adjacent to an activating group) is 1. The number of rotatable bonds is 4. The van der Waals surface area contributed by atoms with Gasteiger partial charge < -0.3 is 15.0 Å². The van der Waals surface area contributed by atoms with Gasteiger partial charge in [0.25, 0.3) is 0 Å². The second-order valence-electron chi connectivity index (χ2n) is 6.32. The number of pyridine rings is 1. The van der Waals surface area contributed by atoms with Crippen molar-refractivity contribution >= 4 is 10.9 Å². The number of morpholine rings is 1. The van der Waals surface area contributed by atoms with Crippen LogP contribution in [-0.2, 0) is 11.3 Å². The fourth-order valence-corrected chi connectivity index (χ4v) is 2.91. The van der Waals surface area contributed by atoms with Crippen molar-refractivity contribution in [2.45, 2.75) is 32.5 Å². The standard InChI is InChI=1S/C18H25N3O/c1-13-4-6-16-10-15(5-7-17(16)20-13)11-19-14(2)18-12-21(3)8-9-22-18/h4-7,10,14,18-19H,8-9,11-12H2,1-3H3/t14-,18+/m1/s1. The van der Waals surface area contributed by atoms with Crippen molar-refractivity contribution in [3.05, 3.63) is 41.6 Å². The molecule has 22 heavy (non-hydrogen) atoms. The SMILES string of the molecule is Cc1ccc2cc(CN[C@H](C)[C@@H]3CN(C)CCO3)ccc2n1. The van der Waals surface area contributed by atoms with Crippen molar-refractivity contribution in [1.29, 1.82) is 0 Å². The molecule has 0 saturated carbocycles. The van der Waals surface area contributed by atoms with Crippen LogP contribution in [0.4, 0.5) is 0 Å². The van der Waals surface area contributed by atoms with Crippen LogP contribution in [0.1, 0.15) is 18.2 Å². The number of fused-ring (bicyclic) bond motifs is 1. The molecule has 118 valence electrons. The molecule has 2 atom stereocenters. The van der Waals surface area contributed by atoms with Crippen LogP contribution in [0.2, 0.25) is 0 Å². The maximum atomic E-state index is 5.87. The van der Waals surface area contributed by atoms with Gasteiger partial charge in [-0.25, -0.2) is 0 Å². The first-order valence-corrected chi connectivity index (χ1v) is 8.01. The van der Waals surface area contributed by atoms with Gasteiger partial charge in [-0.05, 0) is 44.7 Å². The number of benzene rings is 1. The molecule has 1 aromatic heterocycles. The van der Waals surface area contributed by atoms with E-state index in [1.54, 1.807) is 0 Å². The highest BCUT2D eigenvalue weighted by Crippen LogP contribution is 2.15. The lowest BCUT2D eigenvalue weighted by Gasteiger charge is -2.34. The highest BCUT2D eigenvalue weighted by atomic mass is 16.5. The molecular weight excluding hydrogens is 274 g/mol. The Hall–Kier alpha value is -1.49. The summed E-state index contributed by atoms with van der Waals surface area (Å²) in [6.45, 7) is 7.94. The van der Waals surface area contributed by atoms with Crippen molar-refractivity contribution in [1.82, 2.24) is 15.2 Å². The van der Waals surface area contributed by atoms with Gasteiger partial charge in [-0.15, -0.1) is 0 Å². The Morgan fingerprint density at radius 3 is 3.05 bits per heavy atom. The van der Waals surface area contributed by atoms with Gasteiger partial charge >= 0.3 is 0 Å². The predicted molar refractivity (Wildman–Crippen MR) is 90.0 cm³/mol. The quantitative estimate of drug-likeness (QED) is 0.940. The summed E-state index contributed by atoms with van der Waals surface area (Å²) in [6.07, 6.45) is 0.267. The lowest BCUT2D eigenvalue weighted by atomic mass is 10.1. The largest absolute Gasteiger partial charge is 0.374 e. The molecule has 1 N–H and O–H groups in total. The van der Waals surface area contributed by atoms with Gasteiger partial charge in [0, 0.05) is 36.8 Å². The van der Waals surface area contributed by atoms with Crippen LogP contribution < -0.4 is 5.32 Å². The molecule has 2 heterocycles. The molecule has 0 aliphatic carbocycles. The number of ether oxygens (including phenoxy) is 1. The third kappa shape index (κ3) is 3.64. The molecule has 1 aromatic carbocycles. The van der Waals surface area contributed by atoms with Gasteiger partial charge in [-0.3, -0.25) is 4.98 Å². The fourth-order valence-electron chi connectivity index (χ4n) is 2.91. The fraction of sp³-hybridized carbons (Fsp3) is 0.500. The van der Waals surface area contributed by atoms with Crippen LogP contribution in [0, 0.1) is 6.92 Å². The van der Waals surface area contributed by atoms with Gasteiger partial charge in [-0.2, -0.15) is 0 Å². The molecule has 0 amide bonds. The first kappa shape index (κ1) is 15.4. The third-order valence-corrected chi connectivity index (χ3v) is 4.38. The zero-order valence-corrected chi connectivity index (χ0v) is 13.7. The minimum atomic E-state index is 0.267. The van der Waals surface area contributed by atoms with E-state index in [4.69, 9.17) is 4.74 Å². The van der Waals surface area contributed by atoms with E-state index in [0.29, 0.717) is 6.04 Å². The zero-order valence-electron chi connectivity index (χ0n) is 13.7. The second-order valence-corrected chi connectivity index (χ2v) is 6.32. The monoisotopic (exact) mass is 299 g/mol. The highest BCUT2D eigenvalue weighted by Gasteiger charge is 2.23. The summed E-state index contributed by atoms with van der Waals surface area (Å²) in [6, 6.07) is 11.0. The zero-order chi connectivity index (χ0) is 15.5. The number of aryl methyl sites for hydroxylation is 1. The first-order valence-electron chi connectivity index (χ1n) is 8.01. The summed E-state index contributed by atoms with van der Waals surface area (Å²) in [5.74, 6) is 0. The molecule has 2 aromatic rings. The normalized spacial score (nSPS) is 21.1. The van der Waals surface area contributed by atoms with Crippen LogP contribution in [0.5, 0.6) is 0 Å². The molecule has 1 saturated heterocycles. The molecule has 1 aliphatic heterocycles. The molecule has 3 rings (SSSR count). The summed E-state index contributed by atoms with van der Waals surface area (Å²) in [4.78, 5) is 6.88. The van der Waals surface area contributed by atoms with Gasteiger partial charge in [0.05, 0.1) is 18.2 Å². The maximum absolute atomic E-state index is 5.87. The van der Waals surface area contributed by atoms with E-state index in [2.05, 4.69) is 59.5 Å². The van der Waals surface area contributed by atoms with Crippen LogP contribution in [0.15, 0.2) is 30.3 Å². The Morgan fingerprint density at radius 1 is 1.36 bits per heavy atom. The lowest BCUT2D eigenvalue weighted by molar-refractivity contribution is -0.0356. The number of nitrogens with one attached hydrogen (secondary N) is 1. The van der Waals surface area contributed by atoms with Crippen LogP contribution in [-0.4, -0.2) is 48.8 Å². The molecule has 4 nitrogen and oxygen atoms in total. The van der Waals surface area contributed by atoms with E-state index < -0.39 is 0 Å². The number of hydrogen-bond donors (Lipinski definition) is 1. The van der Waals surface area contributed by atoms with Crippen LogP contribution in [0.25, 0.3) is 10.9 Å². The van der Waals surface area contributed by atoms with Crippen molar-refractivity contribution in [2.75, 3.05) is 26.7 Å². The average molecular weight is 299 g/mol. The Kier molecular flexibility index (Phi) is 4.71. The van der Waals surface area contributed by atoms with Crippen LogP contribution >= 0.6 is 0 Å². The lowest BCUT2D eigenvalue weighted by Crippen LogP contribution is -2.49. The first-order chi connectivity index (χ1) is 10.6. The van der Waals surface area contributed by atoms with Crippen molar-refractivity contribution in [3.8, 4) is 0 Å².